The summed E-state index contributed by atoms with van der Waals surface area (Å²) in [6.07, 6.45) is 6.83. The smallest absolute Gasteiger partial charge is 0.261 e. The topological polar surface area (TPSA) is 71.2 Å². The summed E-state index contributed by atoms with van der Waals surface area (Å²) in [5.74, 6) is 1.85. The molecule has 1 saturated carbocycles. The van der Waals surface area contributed by atoms with E-state index >= 15 is 0 Å². The number of aromatic nitrogens is 2. The molecule has 0 radical (unpaired) electrons. The van der Waals surface area contributed by atoms with Gasteiger partial charge in [-0.1, -0.05) is 5.16 Å². The van der Waals surface area contributed by atoms with Crippen molar-refractivity contribution in [1.29, 1.82) is 0 Å². The second-order valence-corrected chi connectivity index (χ2v) is 6.36. The van der Waals surface area contributed by atoms with E-state index in [-0.39, 0.29) is 0 Å². The predicted molar refractivity (Wildman–Crippen MR) is 71.6 cm³/mol. The van der Waals surface area contributed by atoms with Gasteiger partial charge < -0.3 is 4.52 Å². The molecule has 0 saturated heterocycles. The molecule has 0 atom stereocenters. The Balaban J connectivity index is 1.81. The molecule has 0 amide bonds. The number of thiophene rings is 1. The Labute approximate surface area is 114 Å². The van der Waals surface area contributed by atoms with Gasteiger partial charge in [-0.15, -0.1) is 11.3 Å². The van der Waals surface area contributed by atoms with Gasteiger partial charge in [0.1, 0.15) is 5.00 Å². The highest BCUT2D eigenvalue weighted by Crippen LogP contribution is 2.45. The van der Waals surface area contributed by atoms with Crippen molar-refractivity contribution in [3.05, 3.63) is 16.3 Å². The van der Waals surface area contributed by atoms with Crippen LogP contribution in [0.5, 0.6) is 0 Å². The molecule has 0 aromatic carbocycles. The van der Waals surface area contributed by atoms with Crippen molar-refractivity contribution in [2.45, 2.75) is 44.4 Å². The lowest BCUT2D eigenvalue weighted by molar-refractivity contribution is 0.390. The van der Waals surface area contributed by atoms with Crippen molar-refractivity contribution < 1.29 is 9.73 Å². The quantitative estimate of drug-likeness (QED) is 0.842. The normalized spacial score (nSPS) is 18.4. The van der Waals surface area contributed by atoms with Gasteiger partial charge in [-0.25, -0.2) is 0 Å². The van der Waals surface area contributed by atoms with Gasteiger partial charge in [-0.2, -0.15) is 4.98 Å². The van der Waals surface area contributed by atoms with Gasteiger partial charge >= 0.3 is 0 Å². The summed E-state index contributed by atoms with van der Waals surface area (Å²) in [6, 6.07) is 0. The van der Waals surface area contributed by atoms with Gasteiger partial charge in [-0.3, -0.25) is 10.7 Å². The first-order valence-corrected chi connectivity index (χ1v) is 7.57. The van der Waals surface area contributed by atoms with E-state index in [1.54, 1.807) is 11.3 Å². The predicted octanol–water partition coefficient (Wildman–Crippen LogP) is 3.36. The molecule has 6 heteroatoms. The molecule has 2 aliphatic carbocycles. The van der Waals surface area contributed by atoms with Crippen molar-refractivity contribution in [3.63, 3.8) is 0 Å². The Kier molecular flexibility index (Phi) is 2.60. The number of nitrogens with zero attached hydrogens (tertiary/aromatic N) is 2. The summed E-state index contributed by atoms with van der Waals surface area (Å²) in [5.41, 5.74) is 4.49. The Bertz CT molecular complexity index is 615. The summed E-state index contributed by atoms with van der Waals surface area (Å²) in [5, 5.41) is 14.1. The maximum Gasteiger partial charge on any atom is 0.261 e. The van der Waals surface area contributed by atoms with E-state index in [1.165, 1.54) is 23.3 Å². The molecule has 5 nitrogen and oxygen atoms in total. The maximum absolute atomic E-state index is 9.33. The third-order valence-corrected chi connectivity index (χ3v) is 5.07. The van der Waals surface area contributed by atoms with Crippen LogP contribution in [-0.4, -0.2) is 15.3 Å². The Morgan fingerprint density at radius 1 is 1.26 bits per heavy atom. The molecule has 0 bridgehead atoms. The third kappa shape index (κ3) is 1.86. The van der Waals surface area contributed by atoms with Crippen LogP contribution in [0, 0.1) is 0 Å². The lowest BCUT2D eigenvalue weighted by Crippen LogP contribution is -2.00. The van der Waals surface area contributed by atoms with E-state index < -0.39 is 0 Å². The van der Waals surface area contributed by atoms with Crippen LogP contribution in [0.1, 0.15) is 47.9 Å². The van der Waals surface area contributed by atoms with Crippen LogP contribution in [0.15, 0.2) is 4.52 Å². The zero-order valence-electron chi connectivity index (χ0n) is 10.5. The van der Waals surface area contributed by atoms with Crippen molar-refractivity contribution in [2.24, 2.45) is 0 Å². The lowest BCUT2D eigenvalue weighted by atomic mass is 9.95. The number of anilines is 1. The fraction of sp³-hybridized carbons (Fsp3) is 0.538. The van der Waals surface area contributed by atoms with Gasteiger partial charge in [0.2, 0.25) is 0 Å². The second kappa shape index (κ2) is 4.31. The third-order valence-electron chi connectivity index (χ3n) is 3.87. The first kappa shape index (κ1) is 11.4. The summed E-state index contributed by atoms with van der Waals surface area (Å²) in [7, 11) is 0. The van der Waals surface area contributed by atoms with Crippen LogP contribution in [-0.2, 0) is 12.8 Å². The lowest BCUT2D eigenvalue weighted by Gasteiger charge is -2.10. The zero-order chi connectivity index (χ0) is 12.8. The molecule has 19 heavy (non-hydrogen) atoms. The highest BCUT2D eigenvalue weighted by Gasteiger charge is 2.31. The number of nitrogens with one attached hydrogen (secondary N) is 1. The monoisotopic (exact) mass is 277 g/mol. The average molecular weight is 277 g/mol. The van der Waals surface area contributed by atoms with Crippen LogP contribution in [0.3, 0.4) is 0 Å². The number of hydrogen-bond donors (Lipinski definition) is 2. The molecule has 0 aliphatic heterocycles. The fourth-order valence-corrected chi connectivity index (χ4v) is 3.89. The highest BCUT2D eigenvalue weighted by molar-refractivity contribution is 7.16. The Morgan fingerprint density at radius 3 is 2.89 bits per heavy atom. The van der Waals surface area contributed by atoms with Crippen molar-refractivity contribution in [2.75, 3.05) is 5.48 Å². The first-order chi connectivity index (χ1) is 9.36. The summed E-state index contributed by atoms with van der Waals surface area (Å²) in [4.78, 5) is 5.85. The van der Waals surface area contributed by atoms with E-state index in [9.17, 15) is 5.21 Å². The van der Waals surface area contributed by atoms with E-state index in [2.05, 4.69) is 15.6 Å². The molecule has 1 fully saturated rings. The van der Waals surface area contributed by atoms with E-state index in [0.29, 0.717) is 11.8 Å². The van der Waals surface area contributed by atoms with Crippen LogP contribution >= 0.6 is 11.3 Å². The molecule has 4 rings (SSSR count). The Morgan fingerprint density at radius 2 is 2.11 bits per heavy atom. The summed E-state index contributed by atoms with van der Waals surface area (Å²) < 4.78 is 5.41. The van der Waals surface area contributed by atoms with Crippen LogP contribution in [0.2, 0.25) is 0 Å². The summed E-state index contributed by atoms with van der Waals surface area (Å²) >= 11 is 1.60. The Hall–Kier alpha value is -1.40. The highest BCUT2D eigenvalue weighted by atomic mass is 32.1. The standard InChI is InChI=1S/C13H15N3O2S/c17-15-13-10(8-3-1-2-4-9(8)19-13)12-14-11(16-18-12)7-5-6-7/h7,15,17H,1-6H2. The molecular formula is C13H15N3O2S. The average Bonchev–Trinajstić information content (AvgIpc) is 3.06. The van der Waals surface area contributed by atoms with Gasteiger partial charge in [-0.05, 0) is 44.1 Å². The first-order valence-electron chi connectivity index (χ1n) is 6.75. The van der Waals surface area contributed by atoms with Gasteiger partial charge in [0, 0.05) is 10.8 Å². The van der Waals surface area contributed by atoms with Crippen LogP contribution in [0.4, 0.5) is 5.00 Å². The summed E-state index contributed by atoms with van der Waals surface area (Å²) in [6.45, 7) is 0. The molecule has 2 N–H and O–H groups in total. The molecule has 100 valence electrons. The minimum absolute atomic E-state index is 0.484. The van der Waals surface area contributed by atoms with Gasteiger partial charge in [0.15, 0.2) is 5.82 Å². The fourth-order valence-electron chi connectivity index (χ4n) is 2.71. The molecule has 2 aliphatic rings. The van der Waals surface area contributed by atoms with Crippen molar-refractivity contribution in [3.8, 4) is 11.5 Å². The van der Waals surface area contributed by atoms with Crippen LogP contribution < -0.4 is 5.48 Å². The van der Waals surface area contributed by atoms with E-state index in [1.807, 2.05) is 0 Å². The van der Waals surface area contributed by atoms with Gasteiger partial charge in [0.25, 0.3) is 5.89 Å². The SMILES string of the molecule is ONc1sc2c(c1-c1nc(C3CC3)no1)CCCC2. The number of rotatable bonds is 3. The molecular weight excluding hydrogens is 262 g/mol. The minimum atomic E-state index is 0.484. The minimum Gasteiger partial charge on any atom is -0.334 e. The molecule has 0 unspecified atom stereocenters. The van der Waals surface area contributed by atoms with E-state index in [4.69, 9.17) is 4.52 Å². The number of hydrogen-bond acceptors (Lipinski definition) is 6. The number of fused-ring (bicyclic) bond motifs is 1. The molecule has 0 spiro atoms. The van der Waals surface area contributed by atoms with E-state index in [0.717, 1.165) is 42.1 Å². The largest absolute Gasteiger partial charge is 0.334 e. The zero-order valence-corrected chi connectivity index (χ0v) is 11.3. The molecule has 2 heterocycles. The molecule has 2 aromatic heterocycles. The van der Waals surface area contributed by atoms with Crippen molar-refractivity contribution in [1.82, 2.24) is 10.1 Å². The maximum atomic E-state index is 9.33. The van der Waals surface area contributed by atoms with Crippen LogP contribution in [0.25, 0.3) is 11.5 Å². The second-order valence-electron chi connectivity index (χ2n) is 5.26. The molecule has 2 aromatic rings. The van der Waals surface area contributed by atoms with Gasteiger partial charge in [0.05, 0.1) is 5.56 Å². The number of aryl methyl sites for hydroxylation is 1. The van der Waals surface area contributed by atoms with Crippen molar-refractivity contribution >= 4 is 16.3 Å².